The molecule has 0 saturated heterocycles. The van der Waals surface area contributed by atoms with Crippen LogP contribution in [0.2, 0.25) is 0 Å². The summed E-state index contributed by atoms with van der Waals surface area (Å²) < 4.78 is 0. The van der Waals surface area contributed by atoms with Crippen LogP contribution in [0.3, 0.4) is 0 Å². The first-order valence-electron chi connectivity index (χ1n) is 5.44. The minimum atomic E-state index is -0.466. The van der Waals surface area contributed by atoms with Crippen LogP contribution in [0.1, 0.15) is 20.3 Å². The number of anilines is 1. The number of nitro groups is 1. The maximum absolute atomic E-state index is 10.8. The van der Waals surface area contributed by atoms with Gasteiger partial charge in [-0.2, -0.15) is 0 Å². The molecule has 1 aromatic rings. The summed E-state index contributed by atoms with van der Waals surface area (Å²) in [4.78, 5) is 13.6. The molecule has 0 heterocycles. The number of benzene rings is 1. The van der Waals surface area contributed by atoms with Crippen LogP contribution in [-0.2, 0) is 0 Å². The molecule has 0 fully saturated rings. The molecule has 0 atom stereocenters. The Kier molecular flexibility index (Phi) is 4.46. The topological polar surface area (TPSA) is 59.5 Å². The average Bonchev–Trinajstić information content (AvgIpc) is 2.28. The van der Waals surface area contributed by atoms with Crippen molar-refractivity contribution in [3.05, 3.63) is 39.7 Å². The fourth-order valence-corrected chi connectivity index (χ4v) is 1.39. The van der Waals surface area contributed by atoms with Gasteiger partial charge in [-0.3, -0.25) is 10.1 Å². The molecule has 0 amide bonds. The van der Waals surface area contributed by atoms with Gasteiger partial charge in [-0.05, 0) is 18.4 Å². The first-order chi connectivity index (χ1) is 8.04. The molecule has 0 radical (unpaired) electrons. The summed E-state index contributed by atoms with van der Waals surface area (Å²) >= 11 is 0. The lowest BCUT2D eigenvalue weighted by molar-refractivity contribution is -0.383. The van der Waals surface area contributed by atoms with Crippen LogP contribution in [-0.4, -0.2) is 11.5 Å². The fraction of sp³-hybridized carbons (Fsp3) is 0.417. The Morgan fingerprint density at radius 2 is 2.24 bits per heavy atom. The van der Waals surface area contributed by atoms with Gasteiger partial charge in [0.05, 0.1) is 11.5 Å². The fourth-order valence-electron chi connectivity index (χ4n) is 1.39. The number of hydrogen-bond acceptors (Lipinski definition) is 3. The molecular formula is C12H15N3O2. The molecule has 0 aromatic heterocycles. The number of nitrogens with one attached hydrogen (secondary N) is 1. The quantitative estimate of drug-likeness (QED) is 0.480. The Morgan fingerprint density at radius 1 is 1.53 bits per heavy atom. The van der Waals surface area contributed by atoms with E-state index in [2.05, 4.69) is 24.0 Å². The van der Waals surface area contributed by atoms with E-state index in [1.54, 1.807) is 12.1 Å². The third kappa shape index (κ3) is 3.76. The SMILES string of the molecule is [C-]#[N+]c1ccc(NCCC(C)C)c([N+](=O)[O-])c1. The number of nitrogens with zero attached hydrogens (tertiary/aromatic N) is 2. The van der Waals surface area contributed by atoms with Crippen molar-refractivity contribution in [1.82, 2.24) is 0 Å². The number of hydrogen-bond donors (Lipinski definition) is 1. The molecule has 0 unspecified atom stereocenters. The van der Waals surface area contributed by atoms with Gasteiger partial charge in [-0.25, -0.2) is 4.85 Å². The minimum Gasteiger partial charge on any atom is -0.380 e. The Bertz CT molecular complexity index is 450. The van der Waals surface area contributed by atoms with E-state index in [1.807, 2.05) is 0 Å². The second kappa shape index (κ2) is 5.85. The summed E-state index contributed by atoms with van der Waals surface area (Å²) in [5.74, 6) is 0.545. The highest BCUT2D eigenvalue weighted by Gasteiger charge is 2.13. The molecule has 0 saturated carbocycles. The monoisotopic (exact) mass is 233 g/mol. The molecule has 0 bridgehead atoms. The molecule has 90 valence electrons. The lowest BCUT2D eigenvalue weighted by Crippen LogP contribution is -2.06. The van der Waals surface area contributed by atoms with Gasteiger partial charge in [0.2, 0.25) is 0 Å². The van der Waals surface area contributed by atoms with Crippen molar-refractivity contribution < 1.29 is 4.92 Å². The Balaban J connectivity index is 2.84. The van der Waals surface area contributed by atoms with E-state index < -0.39 is 4.92 Å². The van der Waals surface area contributed by atoms with Gasteiger partial charge in [-0.15, -0.1) is 0 Å². The predicted molar refractivity (Wildman–Crippen MR) is 67.3 cm³/mol. The maximum atomic E-state index is 10.8. The van der Waals surface area contributed by atoms with Crippen molar-refractivity contribution in [3.8, 4) is 0 Å². The molecule has 1 rings (SSSR count). The normalized spacial score (nSPS) is 10.0. The van der Waals surface area contributed by atoms with Gasteiger partial charge in [0.1, 0.15) is 5.69 Å². The van der Waals surface area contributed by atoms with Crippen molar-refractivity contribution in [2.75, 3.05) is 11.9 Å². The second-order valence-electron chi connectivity index (χ2n) is 4.18. The highest BCUT2D eigenvalue weighted by Crippen LogP contribution is 2.29. The molecule has 5 nitrogen and oxygen atoms in total. The zero-order chi connectivity index (χ0) is 12.8. The number of nitro benzene ring substituents is 1. The molecule has 1 aromatic carbocycles. The van der Waals surface area contributed by atoms with Crippen LogP contribution in [0.25, 0.3) is 4.85 Å². The first kappa shape index (κ1) is 13.0. The van der Waals surface area contributed by atoms with E-state index in [1.165, 1.54) is 6.07 Å². The highest BCUT2D eigenvalue weighted by molar-refractivity contribution is 5.68. The largest absolute Gasteiger partial charge is 0.380 e. The van der Waals surface area contributed by atoms with Gasteiger partial charge in [0.15, 0.2) is 5.69 Å². The van der Waals surface area contributed by atoms with E-state index in [0.29, 0.717) is 18.2 Å². The third-order valence-corrected chi connectivity index (χ3v) is 2.34. The zero-order valence-corrected chi connectivity index (χ0v) is 9.93. The van der Waals surface area contributed by atoms with Crippen molar-refractivity contribution in [1.29, 1.82) is 0 Å². The van der Waals surface area contributed by atoms with E-state index >= 15 is 0 Å². The summed E-state index contributed by atoms with van der Waals surface area (Å²) in [7, 11) is 0. The Labute approximate surface area is 100 Å². The van der Waals surface area contributed by atoms with E-state index in [9.17, 15) is 10.1 Å². The maximum Gasteiger partial charge on any atom is 0.282 e. The van der Waals surface area contributed by atoms with Crippen molar-refractivity contribution >= 4 is 17.1 Å². The standard InChI is InChI=1S/C12H15N3O2/c1-9(2)6-7-14-11-5-4-10(13-3)8-12(11)15(16)17/h4-5,8-9,14H,6-7H2,1-2H3. The Hall–Kier alpha value is -2.09. The first-order valence-corrected chi connectivity index (χ1v) is 5.44. The zero-order valence-electron chi connectivity index (χ0n) is 9.93. The van der Waals surface area contributed by atoms with Gasteiger partial charge in [-0.1, -0.05) is 19.9 Å². The molecule has 0 aliphatic carbocycles. The van der Waals surface area contributed by atoms with E-state index in [-0.39, 0.29) is 11.4 Å². The molecular weight excluding hydrogens is 218 g/mol. The van der Waals surface area contributed by atoms with Crippen molar-refractivity contribution in [2.45, 2.75) is 20.3 Å². The third-order valence-electron chi connectivity index (χ3n) is 2.34. The average molecular weight is 233 g/mol. The highest BCUT2D eigenvalue weighted by atomic mass is 16.6. The van der Waals surface area contributed by atoms with Gasteiger partial charge < -0.3 is 5.32 Å². The van der Waals surface area contributed by atoms with Crippen molar-refractivity contribution in [2.24, 2.45) is 5.92 Å². The van der Waals surface area contributed by atoms with Crippen molar-refractivity contribution in [3.63, 3.8) is 0 Å². The van der Waals surface area contributed by atoms with E-state index in [4.69, 9.17) is 6.57 Å². The summed E-state index contributed by atoms with van der Waals surface area (Å²) in [6.07, 6.45) is 0.946. The predicted octanol–water partition coefficient (Wildman–Crippen LogP) is 3.60. The van der Waals surface area contributed by atoms with Crippen LogP contribution in [0.4, 0.5) is 17.1 Å². The van der Waals surface area contributed by atoms with Crippen LogP contribution in [0, 0.1) is 22.6 Å². The molecule has 1 N–H and O–H groups in total. The van der Waals surface area contributed by atoms with Crippen LogP contribution in [0.15, 0.2) is 18.2 Å². The molecule has 17 heavy (non-hydrogen) atoms. The summed E-state index contributed by atoms with van der Waals surface area (Å²) in [5.41, 5.74) is 0.719. The molecule has 5 heteroatoms. The summed E-state index contributed by atoms with van der Waals surface area (Å²) in [6, 6.07) is 4.47. The summed E-state index contributed by atoms with van der Waals surface area (Å²) in [5, 5.41) is 13.9. The van der Waals surface area contributed by atoms with E-state index in [0.717, 1.165) is 6.42 Å². The molecule has 0 aliphatic heterocycles. The van der Waals surface area contributed by atoms with Crippen LogP contribution >= 0.6 is 0 Å². The second-order valence-corrected chi connectivity index (χ2v) is 4.18. The van der Waals surface area contributed by atoms with Gasteiger partial charge in [0, 0.05) is 12.6 Å². The van der Waals surface area contributed by atoms with Gasteiger partial charge >= 0.3 is 0 Å². The number of rotatable bonds is 5. The Morgan fingerprint density at radius 3 is 2.76 bits per heavy atom. The molecule has 0 spiro atoms. The van der Waals surface area contributed by atoms with Crippen LogP contribution in [0.5, 0.6) is 0 Å². The lowest BCUT2D eigenvalue weighted by Gasteiger charge is -2.08. The van der Waals surface area contributed by atoms with Crippen LogP contribution < -0.4 is 5.32 Å². The lowest BCUT2D eigenvalue weighted by atomic mass is 10.1. The molecule has 0 aliphatic rings. The smallest absolute Gasteiger partial charge is 0.282 e. The summed E-state index contributed by atoms with van der Waals surface area (Å²) in [6.45, 7) is 11.7. The van der Waals surface area contributed by atoms with Gasteiger partial charge in [0.25, 0.3) is 5.69 Å². The minimum absolute atomic E-state index is 0.0396.